The highest BCUT2D eigenvalue weighted by molar-refractivity contribution is 5.79. The zero-order chi connectivity index (χ0) is 16.7. The molecule has 1 amide bonds. The Kier molecular flexibility index (Phi) is 3.76. The number of rotatable bonds is 3. The van der Waals surface area contributed by atoms with Gasteiger partial charge in [0.05, 0.1) is 19.4 Å². The van der Waals surface area contributed by atoms with E-state index in [1.54, 1.807) is 6.33 Å². The monoisotopic (exact) mass is 326 g/mol. The van der Waals surface area contributed by atoms with Crippen molar-refractivity contribution in [3.8, 4) is 5.75 Å². The maximum atomic E-state index is 12.7. The van der Waals surface area contributed by atoms with Crippen LogP contribution in [0.2, 0.25) is 0 Å². The highest BCUT2D eigenvalue weighted by atomic mass is 16.5. The normalized spacial score (nSPS) is 22.5. The van der Waals surface area contributed by atoms with Gasteiger partial charge in [0.15, 0.2) is 0 Å². The molecule has 0 spiro atoms. The van der Waals surface area contributed by atoms with E-state index in [0.29, 0.717) is 19.5 Å². The lowest BCUT2D eigenvalue weighted by Crippen LogP contribution is -2.33. The number of imidazole rings is 1. The summed E-state index contributed by atoms with van der Waals surface area (Å²) >= 11 is 0. The molecule has 2 aromatic rings. The van der Waals surface area contributed by atoms with Crippen LogP contribution in [0, 0.1) is 0 Å². The third-order valence-corrected chi connectivity index (χ3v) is 5.06. The third kappa shape index (κ3) is 2.67. The number of ether oxygens (including phenoxy) is 1. The van der Waals surface area contributed by atoms with E-state index in [0.717, 1.165) is 30.0 Å². The summed E-state index contributed by atoms with van der Waals surface area (Å²) < 4.78 is 7.50. The maximum Gasteiger partial charge on any atom is 0.227 e. The van der Waals surface area contributed by atoms with Crippen molar-refractivity contribution in [3.63, 3.8) is 0 Å². The first-order chi connectivity index (χ1) is 11.6. The minimum atomic E-state index is -0.0437. The summed E-state index contributed by atoms with van der Waals surface area (Å²) in [5.74, 6) is 1.23. The number of likely N-dealkylation sites (tertiary alicyclic amines) is 1. The van der Waals surface area contributed by atoms with E-state index >= 15 is 0 Å². The Morgan fingerprint density at radius 1 is 1.42 bits per heavy atom. The van der Waals surface area contributed by atoms with Gasteiger partial charge >= 0.3 is 0 Å². The van der Waals surface area contributed by atoms with Gasteiger partial charge in [0, 0.05) is 50.4 Å². The minimum absolute atomic E-state index is 0.0437. The molecular weight excluding hydrogens is 304 g/mol. The summed E-state index contributed by atoms with van der Waals surface area (Å²) in [5.41, 5.74) is 9.62. The van der Waals surface area contributed by atoms with Gasteiger partial charge in [-0.1, -0.05) is 12.1 Å². The molecule has 0 aliphatic carbocycles. The molecule has 0 saturated carbocycles. The summed E-state index contributed by atoms with van der Waals surface area (Å²) in [7, 11) is 1.96. The predicted molar refractivity (Wildman–Crippen MR) is 89.8 cm³/mol. The molecule has 2 N–H and O–H groups in total. The lowest BCUT2D eigenvalue weighted by atomic mass is 10.0. The molecule has 0 radical (unpaired) electrons. The van der Waals surface area contributed by atoms with E-state index in [4.69, 9.17) is 10.5 Å². The molecule has 6 nitrogen and oxygen atoms in total. The number of hydrogen-bond acceptors (Lipinski definition) is 4. The summed E-state index contributed by atoms with van der Waals surface area (Å²) in [4.78, 5) is 18.7. The highest BCUT2D eigenvalue weighted by Gasteiger charge is 2.35. The van der Waals surface area contributed by atoms with E-state index < -0.39 is 0 Å². The Hall–Kier alpha value is -2.34. The van der Waals surface area contributed by atoms with Crippen molar-refractivity contribution in [2.45, 2.75) is 24.8 Å². The molecule has 6 heteroatoms. The number of carbonyl (C=O) groups excluding carboxylic acids is 1. The summed E-state index contributed by atoms with van der Waals surface area (Å²) in [6.07, 6.45) is 4.96. The van der Waals surface area contributed by atoms with Gasteiger partial charge in [0.1, 0.15) is 5.75 Å². The average Bonchev–Trinajstić information content (AvgIpc) is 3.26. The van der Waals surface area contributed by atoms with Crippen LogP contribution >= 0.6 is 0 Å². The molecule has 1 aromatic carbocycles. The van der Waals surface area contributed by atoms with Crippen molar-refractivity contribution < 1.29 is 9.53 Å². The van der Waals surface area contributed by atoms with Gasteiger partial charge in [-0.05, 0) is 17.2 Å². The molecule has 1 saturated heterocycles. The second-order valence-corrected chi connectivity index (χ2v) is 6.72. The Bertz CT molecular complexity index is 770. The van der Waals surface area contributed by atoms with Crippen LogP contribution in [0.4, 0.5) is 0 Å². The number of nitrogens with two attached hydrogens (primary N) is 1. The number of aromatic nitrogens is 2. The molecule has 2 atom stereocenters. The number of fused-ring (bicyclic) bond motifs is 1. The number of nitrogens with zero attached hydrogens (tertiary/aromatic N) is 3. The van der Waals surface area contributed by atoms with E-state index in [-0.39, 0.29) is 17.9 Å². The average molecular weight is 326 g/mol. The van der Waals surface area contributed by atoms with E-state index in [1.165, 1.54) is 5.56 Å². The topological polar surface area (TPSA) is 73.4 Å². The molecule has 4 rings (SSSR count). The minimum Gasteiger partial charge on any atom is -0.493 e. The van der Waals surface area contributed by atoms with Gasteiger partial charge < -0.3 is 19.9 Å². The second-order valence-electron chi connectivity index (χ2n) is 6.72. The van der Waals surface area contributed by atoms with E-state index in [2.05, 4.69) is 11.1 Å². The molecule has 3 heterocycles. The van der Waals surface area contributed by atoms with Crippen molar-refractivity contribution in [2.24, 2.45) is 12.8 Å². The summed E-state index contributed by atoms with van der Waals surface area (Å²) in [6.45, 7) is 2.00. The summed E-state index contributed by atoms with van der Waals surface area (Å²) in [6, 6.07) is 6.00. The standard InChI is InChI=1S/C18H22N4O2/c1-21-11-20-8-16(21)14-9-22(10-15(14)19)18(23)7-12-2-3-17-13(6-12)4-5-24-17/h2-3,6,8,11,14-15H,4-5,7,9-10,19H2,1H3/t14-,15-/m1/s1. The Balaban J connectivity index is 1.45. The molecule has 1 fully saturated rings. The van der Waals surface area contributed by atoms with Crippen LogP contribution in [0.3, 0.4) is 0 Å². The van der Waals surface area contributed by atoms with Crippen LogP contribution in [-0.2, 0) is 24.7 Å². The fraction of sp³-hybridized carbons (Fsp3) is 0.444. The fourth-order valence-electron chi connectivity index (χ4n) is 3.71. The lowest BCUT2D eigenvalue weighted by molar-refractivity contribution is -0.129. The van der Waals surface area contributed by atoms with Crippen LogP contribution in [0.1, 0.15) is 22.7 Å². The number of amides is 1. The molecule has 2 aliphatic heterocycles. The first-order valence-electron chi connectivity index (χ1n) is 8.36. The maximum absolute atomic E-state index is 12.7. The molecular formula is C18H22N4O2. The van der Waals surface area contributed by atoms with Crippen LogP contribution < -0.4 is 10.5 Å². The molecule has 0 unspecified atom stereocenters. The van der Waals surface area contributed by atoms with Crippen molar-refractivity contribution in [1.82, 2.24) is 14.5 Å². The molecule has 0 bridgehead atoms. The molecule has 24 heavy (non-hydrogen) atoms. The first-order valence-corrected chi connectivity index (χ1v) is 8.36. The molecule has 2 aliphatic rings. The lowest BCUT2D eigenvalue weighted by Gasteiger charge is -2.17. The van der Waals surface area contributed by atoms with E-state index in [1.807, 2.05) is 34.8 Å². The third-order valence-electron chi connectivity index (χ3n) is 5.06. The number of carbonyl (C=O) groups is 1. The van der Waals surface area contributed by atoms with Gasteiger partial charge in [-0.15, -0.1) is 0 Å². The van der Waals surface area contributed by atoms with Gasteiger partial charge in [-0.25, -0.2) is 4.98 Å². The Morgan fingerprint density at radius 2 is 2.29 bits per heavy atom. The molecule has 1 aromatic heterocycles. The number of benzene rings is 1. The first kappa shape index (κ1) is 15.2. The van der Waals surface area contributed by atoms with Crippen molar-refractivity contribution >= 4 is 5.91 Å². The fourth-order valence-corrected chi connectivity index (χ4v) is 3.71. The molecule has 126 valence electrons. The number of aryl methyl sites for hydroxylation is 1. The van der Waals surface area contributed by atoms with Gasteiger partial charge in [0.2, 0.25) is 5.91 Å². The van der Waals surface area contributed by atoms with E-state index in [9.17, 15) is 4.79 Å². The van der Waals surface area contributed by atoms with Crippen molar-refractivity contribution in [3.05, 3.63) is 47.5 Å². The SMILES string of the molecule is Cn1cncc1[C@@H]1CN(C(=O)Cc2ccc3c(c2)CCO3)C[C@H]1N. The zero-order valence-electron chi connectivity index (χ0n) is 13.8. The zero-order valence-corrected chi connectivity index (χ0v) is 13.8. The van der Waals surface area contributed by atoms with Crippen molar-refractivity contribution in [2.75, 3.05) is 19.7 Å². The smallest absolute Gasteiger partial charge is 0.227 e. The Labute approximate surface area is 141 Å². The predicted octanol–water partition coefficient (Wildman–Crippen LogP) is 0.851. The second kappa shape index (κ2) is 5.94. The van der Waals surface area contributed by atoms with Crippen LogP contribution in [-0.4, -0.2) is 46.1 Å². The van der Waals surface area contributed by atoms with Crippen LogP contribution in [0.5, 0.6) is 5.75 Å². The summed E-state index contributed by atoms with van der Waals surface area (Å²) in [5, 5.41) is 0. The van der Waals surface area contributed by atoms with Gasteiger partial charge in [-0.3, -0.25) is 4.79 Å². The van der Waals surface area contributed by atoms with Crippen LogP contribution in [0.25, 0.3) is 0 Å². The van der Waals surface area contributed by atoms with Gasteiger partial charge in [0.25, 0.3) is 0 Å². The van der Waals surface area contributed by atoms with Gasteiger partial charge in [-0.2, -0.15) is 0 Å². The quantitative estimate of drug-likeness (QED) is 0.907. The highest BCUT2D eigenvalue weighted by Crippen LogP contribution is 2.28. The largest absolute Gasteiger partial charge is 0.493 e. The van der Waals surface area contributed by atoms with Crippen LogP contribution in [0.15, 0.2) is 30.7 Å². The Morgan fingerprint density at radius 3 is 3.08 bits per heavy atom. The van der Waals surface area contributed by atoms with Crippen molar-refractivity contribution in [1.29, 1.82) is 0 Å². The number of hydrogen-bond donors (Lipinski definition) is 1.